The number of benzene rings is 1. The highest BCUT2D eigenvalue weighted by Gasteiger charge is 2.15. The zero-order valence-corrected chi connectivity index (χ0v) is 12.4. The quantitative estimate of drug-likeness (QED) is 0.754. The average molecular weight is 316 g/mol. The van der Waals surface area contributed by atoms with E-state index in [1.165, 1.54) is 0 Å². The molecule has 0 aromatic heterocycles. The molecule has 0 radical (unpaired) electrons. The molecule has 18 heavy (non-hydrogen) atoms. The van der Waals surface area contributed by atoms with Gasteiger partial charge in [-0.3, -0.25) is 4.79 Å². The summed E-state index contributed by atoms with van der Waals surface area (Å²) in [6, 6.07) is 7.72. The summed E-state index contributed by atoms with van der Waals surface area (Å²) in [5, 5.41) is 0. The summed E-state index contributed by atoms with van der Waals surface area (Å²) in [5.41, 5.74) is 0.979. The van der Waals surface area contributed by atoms with E-state index in [1.807, 2.05) is 24.3 Å². The fourth-order valence-corrected chi connectivity index (χ4v) is 1.97. The number of hydrogen-bond acceptors (Lipinski definition) is 3. The Kier molecular flexibility index (Phi) is 6.32. The molecule has 0 atom stereocenters. The second kappa shape index (κ2) is 7.51. The van der Waals surface area contributed by atoms with Crippen molar-refractivity contribution in [2.75, 3.05) is 27.8 Å². The van der Waals surface area contributed by atoms with E-state index < -0.39 is 0 Å². The van der Waals surface area contributed by atoms with Crippen LogP contribution >= 0.6 is 15.9 Å². The molecule has 1 aromatic rings. The fraction of sp³-hybridized carbons (Fsp3) is 0.462. The number of methoxy groups -OCH3 is 2. The van der Waals surface area contributed by atoms with Crippen LogP contribution in [0.25, 0.3) is 0 Å². The Morgan fingerprint density at radius 3 is 2.61 bits per heavy atom. The van der Waals surface area contributed by atoms with Crippen LogP contribution in [0, 0.1) is 0 Å². The summed E-state index contributed by atoms with van der Waals surface area (Å²) in [7, 11) is 4.85. The molecule has 5 heteroatoms. The maximum atomic E-state index is 12.0. The number of carbonyl (C=O) groups excluding carboxylic acids is 1. The van der Waals surface area contributed by atoms with Crippen molar-refractivity contribution >= 4 is 21.8 Å². The summed E-state index contributed by atoms with van der Waals surface area (Å²) >= 11 is 3.39. The molecule has 0 saturated heterocycles. The summed E-state index contributed by atoms with van der Waals surface area (Å²) in [6.45, 7) is 0.417. The minimum absolute atomic E-state index is 0.0344. The highest BCUT2D eigenvalue weighted by atomic mass is 79.9. The van der Waals surface area contributed by atoms with Gasteiger partial charge in [-0.15, -0.1) is 0 Å². The lowest BCUT2D eigenvalue weighted by Gasteiger charge is -2.22. The molecular weight excluding hydrogens is 298 g/mol. The fourth-order valence-electron chi connectivity index (χ4n) is 1.53. The van der Waals surface area contributed by atoms with Crippen molar-refractivity contribution < 1.29 is 14.3 Å². The number of ether oxygens (including phenoxy) is 2. The number of likely N-dealkylation sites (N-methyl/N-ethyl adjacent to an activating group) is 1. The molecule has 0 unspecified atom stereocenters. The Bertz CT molecular complexity index is 394. The van der Waals surface area contributed by atoms with Crippen molar-refractivity contribution in [2.24, 2.45) is 0 Å². The van der Waals surface area contributed by atoms with Gasteiger partial charge >= 0.3 is 0 Å². The minimum Gasteiger partial charge on any atom is -0.354 e. The minimum atomic E-state index is -0.388. The van der Waals surface area contributed by atoms with E-state index in [1.54, 1.807) is 26.2 Å². The van der Waals surface area contributed by atoms with Crippen LogP contribution in [-0.4, -0.2) is 44.9 Å². The van der Waals surface area contributed by atoms with Gasteiger partial charge in [0.1, 0.15) is 0 Å². The van der Waals surface area contributed by atoms with Crippen LogP contribution in [0.3, 0.4) is 0 Å². The summed E-state index contributed by atoms with van der Waals surface area (Å²) < 4.78 is 11.1. The molecule has 0 fully saturated rings. The van der Waals surface area contributed by atoms with Crippen molar-refractivity contribution in [1.29, 1.82) is 0 Å². The Labute approximate surface area is 116 Å². The van der Waals surface area contributed by atoms with Gasteiger partial charge in [0.15, 0.2) is 6.29 Å². The smallest absolute Gasteiger partial charge is 0.226 e. The number of amides is 1. The number of nitrogens with zero attached hydrogens (tertiary/aromatic N) is 1. The van der Waals surface area contributed by atoms with Gasteiger partial charge in [0.25, 0.3) is 0 Å². The standard InChI is InChI=1S/C13H18BrNO3/c1-15(9-13(17-2)18-3)12(16)8-10-5-4-6-11(14)7-10/h4-7,13H,8-9H2,1-3H3. The third kappa shape index (κ3) is 4.76. The van der Waals surface area contributed by atoms with E-state index in [4.69, 9.17) is 9.47 Å². The van der Waals surface area contributed by atoms with E-state index in [0.717, 1.165) is 10.0 Å². The van der Waals surface area contributed by atoms with Crippen LogP contribution in [0.15, 0.2) is 28.7 Å². The average Bonchev–Trinajstić information content (AvgIpc) is 2.35. The predicted molar refractivity (Wildman–Crippen MR) is 73.3 cm³/mol. The van der Waals surface area contributed by atoms with Crippen LogP contribution in [0.4, 0.5) is 0 Å². The number of hydrogen-bond donors (Lipinski definition) is 0. The Morgan fingerprint density at radius 2 is 2.06 bits per heavy atom. The topological polar surface area (TPSA) is 38.8 Å². The number of rotatable bonds is 6. The summed E-state index contributed by atoms with van der Waals surface area (Å²) in [6.07, 6.45) is -0.0164. The van der Waals surface area contributed by atoms with Crippen LogP contribution in [0.2, 0.25) is 0 Å². The highest BCUT2D eigenvalue weighted by molar-refractivity contribution is 9.10. The predicted octanol–water partition coefficient (Wildman–Crippen LogP) is 2.07. The number of carbonyl (C=O) groups is 1. The van der Waals surface area contributed by atoms with Gasteiger partial charge in [-0.2, -0.15) is 0 Å². The van der Waals surface area contributed by atoms with Gasteiger partial charge < -0.3 is 14.4 Å². The van der Waals surface area contributed by atoms with E-state index in [-0.39, 0.29) is 12.2 Å². The molecule has 100 valence electrons. The van der Waals surface area contributed by atoms with Gasteiger partial charge in [-0.1, -0.05) is 28.1 Å². The molecular formula is C13H18BrNO3. The lowest BCUT2D eigenvalue weighted by atomic mass is 10.1. The first-order valence-corrected chi connectivity index (χ1v) is 6.40. The molecule has 0 bridgehead atoms. The Morgan fingerprint density at radius 1 is 1.39 bits per heavy atom. The lowest BCUT2D eigenvalue weighted by molar-refractivity contribution is -0.142. The van der Waals surface area contributed by atoms with Crippen molar-refractivity contribution in [3.63, 3.8) is 0 Å². The van der Waals surface area contributed by atoms with Gasteiger partial charge in [0.2, 0.25) is 5.91 Å². The monoisotopic (exact) mass is 315 g/mol. The molecule has 1 rings (SSSR count). The second-order valence-corrected chi connectivity index (χ2v) is 4.90. The maximum Gasteiger partial charge on any atom is 0.226 e. The Balaban J connectivity index is 2.54. The Hall–Kier alpha value is -0.910. The molecule has 0 N–H and O–H groups in total. The van der Waals surface area contributed by atoms with Gasteiger partial charge in [-0.05, 0) is 17.7 Å². The van der Waals surface area contributed by atoms with Crippen LogP contribution in [0.5, 0.6) is 0 Å². The van der Waals surface area contributed by atoms with E-state index in [9.17, 15) is 4.79 Å². The normalized spacial score (nSPS) is 10.7. The summed E-state index contributed by atoms with van der Waals surface area (Å²) in [4.78, 5) is 13.6. The van der Waals surface area contributed by atoms with Crippen LogP contribution < -0.4 is 0 Å². The molecule has 0 aliphatic heterocycles. The molecule has 1 aromatic carbocycles. The first-order chi connectivity index (χ1) is 8.56. The molecule has 0 aliphatic rings. The van der Waals surface area contributed by atoms with E-state index in [2.05, 4.69) is 15.9 Å². The SMILES string of the molecule is COC(CN(C)C(=O)Cc1cccc(Br)c1)OC. The van der Waals surface area contributed by atoms with E-state index >= 15 is 0 Å². The third-order valence-electron chi connectivity index (χ3n) is 2.62. The second-order valence-electron chi connectivity index (χ2n) is 3.98. The summed E-state index contributed by atoms with van der Waals surface area (Å²) in [5.74, 6) is 0.0344. The molecule has 0 spiro atoms. The molecule has 0 heterocycles. The first kappa shape index (κ1) is 15.1. The maximum absolute atomic E-state index is 12.0. The van der Waals surface area contributed by atoms with Crippen molar-refractivity contribution in [3.05, 3.63) is 34.3 Å². The van der Waals surface area contributed by atoms with Crippen molar-refractivity contribution in [3.8, 4) is 0 Å². The zero-order valence-electron chi connectivity index (χ0n) is 10.9. The van der Waals surface area contributed by atoms with Crippen molar-refractivity contribution in [2.45, 2.75) is 12.7 Å². The first-order valence-electron chi connectivity index (χ1n) is 5.60. The van der Waals surface area contributed by atoms with E-state index in [0.29, 0.717) is 13.0 Å². The van der Waals surface area contributed by atoms with Gasteiger partial charge in [0, 0.05) is 25.7 Å². The van der Waals surface area contributed by atoms with Crippen LogP contribution in [-0.2, 0) is 20.7 Å². The molecule has 1 amide bonds. The van der Waals surface area contributed by atoms with Gasteiger partial charge in [-0.25, -0.2) is 0 Å². The highest BCUT2D eigenvalue weighted by Crippen LogP contribution is 2.12. The van der Waals surface area contributed by atoms with Crippen molar-refractivity contribution in [1.82, 2.24) is 4.90 Å². The lowest BCUT2D eigenvalue weighted by Crippen LogP contribution is -2.36. The molecule has 0 aliphatic carbocycles. The third-order valence-corrected chi connectivity index (χ3v) is 3.11. The van der Waals surface area contributed by atoms with Crippen LogP contribution in [0.1, 0.15) is 5.56 Å². The van der Waals surface area contributed by atoms with Gasteiger partial charge in [0.05, 0.1) is 13.0 Å². The number of halogens is 1. The largest absolute Gasteiger partial charge is 0.354 e. The molecule has 0 saturated carbocycles. The zero-order chi connectivity index (χ0) is 13.5. The molecule has 4 nitrogen and oxygen atoms in total.